The summed E-state index contributed by atoms with van der Waals surface area (Å²) in [6.07, 6.45) is 3.94. The van der Waals surface area contributed by atoms with Crippen LogP contribution in [0.5, 0.6) is 11.5 Å². The summed E-state index contributed by atoms with van der Waals surface area (Å²) < 4.78 is 10.6. The molecule has 3 fully saturated rings. The van der Waals surface area contributed by atoms with Gasteiger partial charge >= 0.3 is 0 Å². The van der Waals surface area contributed by atoms with Crippen LogP contribution in [0.15, 0.2) is 23.9 Å². The molecule has 0 spiro atoms. The van der Waals surface area contributed by atoms with E-state index in [4.69, 9.17) is 9.47 Å². The van der Waals surface area contributed by atoms with Crippen LogP contribution in [0, 0.1) is 5.92 Å². The van der Waals surface area contributed by atoms with E-state index in [1.165, 1.54) is 0 Å². The molecule has 1 atom stereocenters. The lowest BCUT2D eigenvalue weighted by atomic mass is 9.83. The molecule has 1 N–H and O–H groups in total. The van der Waals surface area contributed by atoms with Crippen molar-refractivity contribution in [2.45, 2.75) is 18.9 Å². The molecule has 20 heavy (non-hydrogen) atoms. The highest BCUT2D eigenvalue weighted by Crippen LogP contribution is 2.36. The number of fused-ring (bicyclic) bond motifs is 3. The molecule has 3 heterocycles. The number of ether oxygens (including phenoxy) is 2. The van der Waals surface area contributed by atoms with E-state index in [-0.39, 0.29) is 6.10 Å². The minimum absolute atomic E-state index is 0.328. The minimum atomic E-state index is -0.328. The number of aliphatic hydroxyl groups excluding tert-OH is 1. The second-order valence-corrected chi connectivity index (χ2v) is 5.45. The Morgan fingerprint density at radius 1 is 1.15 bits per heavy atom. The average Bonchev–Trinajstić information content (AvgIpc) is 2.51. The van der Waals surface area contributed by atoms with Crippen LogP contribution >= 0.6 is 0 Å². The van der Waals surface area contributed by atoms with E-state index >= 15 is 0 Å². The number of piperidine rings is 3. The van der Waals surface area contributed by atoms with E-state index in [0.717, 1.165) is 42.9 Å². The molecule has 4 rings (SSSR count). The molecule has 0 aliphatic carbocycles. The first kappa shape index (κ1) is 13.3. The number of hydrogen-bond donors (Lipinski definition) is 1. The topological polar surface area (TPSA) is 41.9 Å². The zero-order valence-corrected chi connectivity index (χ0v) is 12.0. The number of hydrogen-bond acceptors (Lipinski definition) is 4. The molecule has 0 saturated carbocycles. The van der Waals surface area contributed by atoms with Crippen LogP contribution in [0.2, 0.25) is 0 Å². The van der Waals surface area contributed by atoms with Crippen LogP contribution in [-0.4, -0.2) is 43.4 Å². The Balaban J connectivity index is 1.91. The molecule has 1 aromatic rings. The number of aliphatic hydroxyl groups is 1. The second-order valence-electron chi connectivity index (χ2n) is 5.45. The lowest BCUT2D eigenvalue weighted by Crippen LogP contribution is -2.48. The second kappa shape index (κ2) is 5.37. The predicted molar refractivity (Wildman–Crippen MR) is 77.8 cm³/mol. The highest BCUT2D eigenvalue weighted by molar-refractivity contribution is 5.59. The van der Waals surface area contributed by atoms with Gasteiger partial charge in [-0.3, -0.25) is 0 Å². The Labute approximate surface area is 119 Å². The van der Waals surface area contributed by atoms with Gasteiger partial charge in [0.1, 0.15) is 0 Å². The third-order valence-electron chi connectivity index (χ3n) is 4.38. The maximum absolute atomic E-state index is 10.4. The van der Waals surface area contributed by atoms with Gasteiger partial charge < -0.3 is 19.5 Å². The molecule has 1 aromatic carbocycles. The lowest BCUT2D eigenvalue weighted by Gasteiger charge is -2.45. The van der Waals surface area contributed by atoms with E-state index in [9.17, 15) is 5.11 Å². The van der Waals surface area contributed by atoms with Gasteiger partial charge in [0.2, 0.25) is 0 Å². The molecule has 0 radical (unpaired) electrons. The van der Waals surface area contributed by atoms with Crippen LogP contribution in [0.3, 0.4) is 0 Å². The van der Waals surface area contributed by atoms with Crippen molar-refractivity contribution in [3.05, 3.63) is 29.5 Å². The fourth-order valence-electron chi connectivity index (χ4n) is 3.19. The van der Waals surface area contributed by atoms with E-state index < -0.39 is 0 Å². The van der Waals surface area contributed by atoms with Crippen LogP contribution in [-0.2, 0) is 0 Å². The van der Waals surface area contributed by atoms with Crippen molar-refractivity contribution in [2.24, 2.45) is 5.92 Å². The van der Waals surface area contributed by atoms with Crippen molar-refractivity contribution in [1.82, 2.24) is 4.90 Å². The number of benzene rings is 1. The standard InChI is InChI=1S/C16H21NO3/c1-19-14-4-3-11(10-15(14)20-2)9-13-16(18)12-5-7-17(13)8-6-12/h3-4,9-10,12,16,18H,5-8H2,1-2H3/b13-9-. The summed E-state index contributed by atoms with van der Waals surface area (Å²) in [4.78, 5) is 2.29. The smallest absolute Gasteiger partial charge is 0.161 e. The highest BCUT2D eigenvalue weighted by atomic mass is 16.5. The summed E-state index contributed by atoms with van der Waals surface area (Å²) in [5.74, 6) is 1.86. The Kier molecular flexibility index (Phi) is 3.57. The van der Waals surface area contributed by atoms with Gasteiger partial charge in [0.25, 0.3) is 0 Å². The maximum atomic E-state index is 10.4. The molecule has 0 aromatic heterocycles. The molecule has 3 aliphatic heterocycles. The Hall–Kier alpha value is -1.68. The molecule has 0 amide bonds. The SMILES string of the molecule is COc1ccc(/C=C2/C(O)C3CCN2CC3)cc1OC. The van der Waals surface area contributed by atoms with Crippen LogP contribution in [0.25, 0.3) is 6.08 Å². The molecule has 4 nitrogen and oxygen atoms in total. The summed E-state index contributed by atoms with van der Waals surface area (Å²) in [6, 6.07) is 5.83. The van der Waals surface area contributed by atoms with Crippen molar-refractivity contribution < 1.29 is 14.6 Å². The van der Waals surface area contributed by atoms with E-state index in [1.807, 2.05) is 18.2 Å². The molecule has 1 unspecified atom stereocenters. The minimum Gasteiger partial charge on any atom is -0.493 e. The van der Waals surface area contributed by atoms with Gasteiger partial charge in [-0.15, -0.1) is 0 Å². The van der Waals surface area contributed by atoms with Crippen molar-refractivity contribution in [3.8, 4) is 11.5 Å². The third kappa shape index (κ3) is 2.24. The first-order chi connectivity index (χ1) is 9.72. The van der Waals surface area contributed by atoms with Gasteiger partial charge in [-0.2, -0.15) is 0 Å². The fraction of sp³-hybridized carbons (Fsp3) is 0.500. The third-order valence-corrected chi connectivity index (χ3v) is 4.38. The molecule has 3 saturated heterocycles. The van der Waals surface area contributed by atoms with Crippen LogP contribution in [0.4, 0.5) is 0 Å². The van der Waals surface area contributed by atoms with Gasteiger partial charge in [-0.05, 0) is 42.5 Å². The molecule has 2 bridgehead atoms. The molecule has 4 heteroatoms. The Morgan fingerprint density at radius 2 is 1.85 bits per heavy atom. The number of nitrogens with zero attached hydrogens (tertiary/aromatic N) is 1. The zero-order valence-electron chi connectivity index (χ0n) is 12.0. The number of rotatable bonds is 3. The number of methoxy groups -OCH3 is 2. The highest BCUT2D eigenvalue weighted by Gasteiger charge is 2.36. The van der Waals surface area contributed by atoms with Gasteiger partial charge in [0, 0.05) is 18.8 Å². The summed E-state index contributed by atoms with van der Waals surface area (Å²) in [7, 11) is 3.27. The van der Waals surface area contributed by atoms with Crippen molar-refractivity contribution >= 4 is 6.08 Å². The maximum Gasteiger partial charge on any atom is 0.161 e. The first-order valence-corrected chi connectivity index (χ1v) is 7.09. The monoisotopic (exact) mass is 275 g/mol. The molecule has 3 aliphatic rings. The largest absolute Gasteiger partial charge is 0.493 e. The fourth-order valence-corrected chi connectivity index (χ4v) is 3.19. The first-order valence-electron chi connectivity index (χ1n) is 7.09. The summed E-state index contributed by atoms with van der Waals surface area (Å²) in [5, 5.41) is 10.4. The van der Waals surface area contributed by atoms with E-state index in [1.54, 1.807) is 14.2 Å². The lowest BCUT2D eigenvalue weighted by molar-refractivity contribution is 0.0215. The van der Waals surface area contributed by atoms with Crippen molar-refractivity contribution in [3.63, 3.8) is 0 Å². The average molecular weight is 275 g/mol. The van der Waals surface area contributed by atoms with Crippen LogP contribution in [0.1, 0.15) is 18.4 Å². The summed E-state index contributed by atoms with van der Waals surface area (Å²) in [6.45, 7) is 2.11. The predicted octanol–water partition coefficient (Wildman–Crippen LogP) is 2.13. The van der Waals surface area contributed by atoms with E-state index in [0.29, 0.717) is 11.7 Å². The summed E-state index contributed by atoms with van der Waals surface area (Å²) >= 11 is 0. The van der Waals surface area contributed by atoms with E-state index in [2.05, 4.69) is 11.0 Å². The van der Waals surface area contributed by atoms with Crippen LogP contribution < -0.4 is 9.47 Å². The Morgan fingerprint density at radius 3 is 2.45 bits per heavy atom. The molecular weight excluding hydrogens is 254 g/mol. The zero-order chi connectivity index (χ0) is 14.1. The Bertz CT molecular complexity index is 514. The normalized spacial score (nSPS) is 26.9. The summed E-state index contributed by atoms with van der Waals surface area (Å²) in [5.41, 5.74) is 2.07. The molecular formula is C16H21NO3. The van der Waals surface area contributed by atoms with Gasteiger partial charge in [-0.25, -0.2) is 0 Å². The van der Waals surface area contributed by atoms with Gasteiger partial charge in [0.05, 0.1) is 20.3 Å². The van der Waals surface area contributed by atoms with Gasteiger partial charge in [-0.1, -0.05) is 6.07 Å². The van der Waals surface area contributed by atoms with Crippen molar-refractivity contribution in [2.75, 3.05) is 27.3 Å². The molecule has 108 valence electrons. The van der Waals surface area contributed by atoms with Gasteiger partial charge in [0.15, 0.2) is 11.5 Å². The van der Waals surface area contributed by atoms with Crippen molar-refractivity contribution in [1.29, 1.82) is 0 Å². The quantitative estimate of drug-likeness (QED) is 0.917.